The molecule has 0 spiro atoms. The van der Waals surface area contributed by atoms with Crippen molar-refractivity contribution in [2.24, 2.45) is 0 Å². The van der Waals surface area contributed by atoms with E-state index in [1.54, 1.807) is 11.0 Å². The first-order valence-corrected chi connectivity index (χ1v) is 5.28. The predicted molar refractivity (Wildman–Crippen MR) is 60.2 cm³/mol. The summed E-state index contributed by atoms with van der Waals surface area (Å²) in [5, 5.41) is 3.11. The molecule has 0 aromatic carbocycles. The lowest BCUT2D eigenvalue weighted by atomic mass is 10.3. The van der Waals surface area contributed by atoms with Crippen LogP contribution in [0.5, 0.6) is 0 Å². The number of hydrogen-bond donors (Lipinski definition) is 1. The first-order valence-electron chi connectivity index (χ1n) is 5.28. The molecule has 0 fully saturated rings. The van der Waals surface area contributed by atoms with Crippen molar-refractivity contribution in [3.05, 3.63) is 12.7 Å². The third kappa shape index (κ3) is 6.66. The summed E-state index contributed by atoms with van der Waals surface area (Å²) in [5.41, 5.74) is 0. The van der Waals surface area contributed by atoms with Gasteiger partial charge in [0.2, 0.25) is 5.91 Å². The number of nitrogens with one attached hydrogen (secondary N) is 1. The highest BCUT2D eigenvalue weighted by Crippen LogP contribution is 1.94. The molecule has 0 aromatic heterocycles. The molecule has 14 heavy (non-hydrogen) atoms. The minimum atomic E-state index is 0.218. The molecular weight excluding hydrogens is 176 g/mol. The van der Waals surface area contributed by atoms with Gasteiger partial charge in [-0.3, -0.25) is 4.79 Å². The van der Waals surface area contributed by atoms with E-state index in [1.165, 1.54) is 0 Å². The highest BCUT2D eigenvalue weighted by molar-refractivity contribution is 5.75. The summed E-state index contributed by atoms with van der Waals surface area (Å²) >= 11 is 0. The minimum Gasteiger partial charge on any atom is -0.346 e. The standard InChI is InChI=1S/C11H22N2O/c1-4-6-10-13(3)11(14)7-9-12-8-5-2/h5,12H,2,4,6-10H2,1,3H3. The molecule has 82 valence electrons. The van der Waals surface area contributed by atoms with Gasteiger partial charge in [0.15, 0.2) is 0 Å². The van der Waals surface area contributed by atoms with Crippen LogP contribution >= 0.6 is 0 Å². The monoisotopic (exact) mass is 198 g/mol. The third-order valence-corrected chi connectivity index (χ3v) is 2.08. The third-order valence-electron chi connectivity index (χ3n) is 2.08. The molecule has 0 aliphatic rings. The van der Waals surface area contributed by atoms with Gasteiger partial charge >= 0.3 is 0 Å². The number of unbranched alkanes of at least 4 members (excludes halogenated alkanes) is 1. The molecule has 0 bridgehead atoms. The molecule has 0 aliphatic carbocycles. The zero-order valence-corrected chi connectivity index (χ0v) is 9.38. The van der Waals surface area contributed by atoms with Gasteiger partial charge in [0.05, 0.1) is 0 Å². The normalized spacial score (nSPS) is 9.86. The van der Waals surface area contributed by atoms with Gasteiger partial charge in [-0.05, 0) is 6.42 Å². The topological polar surface area (TPSA) is 32.3 Å². The second kappa shape index (κ2) is 8.75. The van der Waals surface area contributed by atoms with E-state index in [-0.39, 0.29) is 5.91 Å². The number of hydrogen-bond acceptors (Lipinski definition) is 2. The molecule has 0 saturated carbocycles. The summed E-state index contributed by atoms with van der Waals surface area (Å²) in [6.45, 7) is 8.10. The van der Waals surface area contributed by atoms with Gasteiger partial charge in [-0.1, -0.05) is 19.4 Å². The Morgan fingerprint density at radius 3 is 2.86 bits per heavy atom. The van der Waals surface area contributed by atoms with Gasteiger partial charge in [0, 0.05) is 33.1 Å². The number of nitrogens with zero attached hydrogens (tertiary/aromatic N) is 1. The molecular formula is C11H22N2O. The molecule has 3 nitrogen and oxygen atoms in total. The zero-order valence-electron chi connectivity index (χ0n) is 9.38. The van der Waals surface area contributed by atoms with Gasteiger partial charge in [0.25, 0.3) is 0 Å². The van der Waals surface area contributed by atoms with Crippen molar-refractivity contribution >= 4 is 5.91 Å². The molecule has 3 heteroatoms. The van der Waals surface area contributed by atoms with Crippen LogP contribution in [0.15, 0.2) is 12.7 Å². The fourth-order valence-electron chi connectivity index (χ4n) is 1.11. The quantitative estimate of drug-likeness (QED) is 0.472. The highest BCUT2D eigenvalue weighted by atomic mass is 16.2. The van der Waals surface area contributed by atoms with Gasteiger partial charge in [-0.2, -0.15) is 0 Å². The van der Waals surface area contributed by atoms with Gasteiger partial charge in [-0.25, -0.2) is 0 Å². The van der Waals surface area contributed by atoms with E-state index in [4.69, 9.17) is 0 Å². The fraction of sp³-hybridized carbons (Fsp3) is 0.727. The van der Waals surface area contributed by atoms with E-state index in [1.807, 2.05) is 7.05 Å². The highest BCUT2D eigenvalue weighted by Gasteiger charge is 2.06. The lowest BCUT2D eigenvalue weighted by Gasteiger charge is -2.16. The predicted octanol–water partition coefficient (Wildman–Crippen LogP) is 1.41. The summed E-state index contributed by atoms with van der Waals surface area (Å²) in [5.74, 6) is 0.218. The van der Waals surface area contributed by atoms with E-state index >= 15 is 0 Å². The second-order valence-corrected chi connectivity index (χ2v) is 3.41. The number of carbonyl (C=O) groups excluding carboxylic acids is 1. The molecule has 0 aliphatic heterocycles. The first-order chi connectivity index (χ1) is 6.72. The summed E-state index contributed by atoms with van der Waals surface area (Å²) < 4.78 is 0. The molecule has 1 amide bonds. The molecule has 0 atom stereocenters. The van der Waals surface area contributed by atoms with Crippen LogP contribution in [0.25, 0.3) is 0 Å². The maximum Gasteiger partial charge on any atom is 0.223 e. The van der Waals surface area contributed by atoms with Crippen LogP contribution in [0.4, 0.5) is 0 Å². The average molecular weight is 198 g/mol. The average Bonchev–Trinajstić information content (AvgIpc) is 2.20. The molecule has 0 heterocycles. The van der Waals surface area contributed by atoms with E-state index < -0.39 is 0 Å². The summed E-state index contributed by atoms with van der Waals surface area (Å²) in [4.78, 5) is 13.3. The minimum absolute atomic E-state index is 0.218. The molecule has 0 aromatic rings. The van der Waals surface area contributed by atoms with Crippen molar-refractivity contribution in [3.63, 3.8) is 0 Å². The Bertz CT molecular complexity index is 169. The van der Waals surface area contributed by atoms with Crippen molar-refractivity contribution in [2.75, 3.05) is 26.7 Å². The fourth-order valence-corrected chi connectivity index (χ4v) is 1.11. The van der Waals surface area contributed by atoms with Crippen molar-refractivity contribution < 1.29 is 4.79 Å². The van der Waals surface area contributed by atoms with E-state index in [0.29, 0.717) is 6.42 Å². The van der Waals surface area contributed by atoms with Crippen molar-refractivity contribution in [2.45, 2.75) is 26.2 Å². The first kappa shape index (κ1) is 13.2. The zero-order chi connectivity index (χ0) is 10.8. The Morgan fingerprint density at radius 2 is 2.29 bits per heavy atom. The summed E-state index contributed by atoms with van der Waals surface area (Å²) in [6, 6.07) is 0. The van der Waals surface area contributed by atoms with Crippen LogP contribution in [0, 0.1) is 0 Å². The van der Waals surface area contributed by atoms with Gasteiger partial charge in [-0.15, -0.1) is 6.58 Å². The van der Waals surface area contributed by atoms with Crippen molar-refractivity contribution in [3.8, 4) is 0 Å². The molecule has 0 rings (SSSR count). The van der Waals surface area contributed by atoms with E-state index in [2.05, 4.69) is 18.8 Å². The van der Waals surface area contributed by atoms with Crippen LogP contribution in [-0.4, -0.2) is 37.5 Å². The van der Waals surface area contributed by atoms with Crippen LogP contribution in [0.3, 0.4) is 0 Å². The van der Waals surface area contributed by atoms with Crippen molar-refractivity contribution in [1.82, 2.24) is 10.2 Å². The van der Waals surface area contributed by atoms with Gasteiger partial charge < -0.3 is 10.2 Å². The lowest BCUT2D eigenvalue weighted by molar-refractivity contribution is -0.129. The van der Waals surface area contributed by atoms with E-state index in [0.717, 1.165) is 32.5 Å². The van der Waals surface area contributed by atoms with E-state index in [9.17, 15) is 4.79 Å². The largest absolute Gasteiger partial charge is 0.346 e. The summed E-state index contributed by atoms with van der Waals surface area (Å²) in [6.07, 6.45) is 4.59. The molecule has 0 unspecified atom stereocenters. The SMILES string of the molecule is C=CCNCCC(=O)N(C)CCCC. The Morgan fingerprint density at radius 1 is 1.57 bits per heavy atom. The molecule has 0 radical (unpaired) electrons. The van der Waals surface area contributed by atoms with Crippen LogP contribution in [0.1, 0.15) is 26.2 Å². The Balaban J connectivity index is 3.46. The molecule has 0 saturated heterocycles. The van der Waals surface area contributed by atoms with Crippen LogP contribution in [-0.2, 0) is 4.79 Å². The number of rotatable bonds is 8. The van der Waals surface area contributed by atoms with Gasteiger partial charge in [0.1, 0.15) is 0 Å². The lowest BCUT2D eigenvalue weighted by Crippen LogP contribution is -2.30. The maximum absolute atomic E-state index is 11.5. The Hall–Kier alpha value is -0.830. The molecule has 1 N–H and O–H groups in total. The van der Waals surface area contributed by atoms with Crippen molar-refractivity contribution in [1.29, 1.82) is 0 Å². The second-order valence-electron chi connectivity index (χ2n) is 3.41. The number of carbonyl (C=O) groups is 1. The Kier molecular flexibility index (Phi) is 8.24. The Labute approximate surface area is 87.2 Å². The smallest absolute Gasteiger partial charge is 0.223 e. The van der Waals surface area contributed by atoms with Crippen LogP contribution < -0.4 is 5.32 Å². The number of amides is 1. The summed E-state index contributed by atoms with van der Waals surface area (Å²) in [7, 11) is 1.87. The van der Waals surface area contributed by atoms with Crippen LogP contribution in [0.2, 0.25) is 0 Å². The maximum atomic E-state index is 11.5.